The van der Waals surface area contributed by atoms with Crippen LogP contribution in [0.1, 0.15) is 30.1 Å². The van der Waals surface area contributed by atoms with Gasteiger partial charge in [-0.3, -0.25) is 14.6 Å². The van der Waals surface area contributed by atoms with Gasteiger partial charge in [0.2, 0.25) is 0 Å². The Morgan fingerprint density at radius 1 is 1.44 bits per heavy atom. The lowest BCUT2D eigenvalue weighted by Crippen LogP contribution is -2.47. The summed E-state index contributed by atoms with van der Waals surface area (Å²) in [5, 5.41) is 6.08. The van der Waals surface area contributed by atoms with Crippen molar-refractivity contribution in [3.63, 3.8) is 0 Å². The fourth-order valence-corrected chi connectivity index (χ4v) is 2.10. The van der Waals surface area contributed by atoms with Crippen molar-refractivity contribution in [3.8, 4) is 0 Å². The first-order valence-corrected chi connectivity index (χ1v) is 5.92. The van der Waals surface area contributed by atoms with E-state index in [2.05, 4.69) is 15.6 Å². The molecule has 0 saturated carbocycles. The Morgan fingerprint density at radius 2 is 2.22 bits per heavy atom. The Balaban J connectivity index is 2.07. The van der Waals surface area contributed by atoms with Crippen LogP contribution in [0.5, 0.6) is 0 Å². The highest BCUT2D eigenvalue weighted by Crippen LogP contribution is 2.08. The standard InChI is InChI=1S/C11H16N4O3/c1-6-4-7(2-3-12-6)14-9(16)8-5-13-11(18)15-10(8)17/h5-7,12H,2-4H2,1H3,(H,14,16)(H2,13,15,17,18). The average molecular weight is 252 g/mol. The van der Waals surface area contributed by atoms with Crippen LogP contribution in [0.2, 0.25) is 0 Å². The highest BCUT2D eigenvalue weighted by Gasteiger charge is 2.21. The van der Waals surface area contributed by atoms with E-state index < -0.39 is 17.2 Å². The van der Waals surface area contributed by atoms with E-state index in [0.29, 0.717) is 6.04 Å². The summed E-state index contributed by atoms with van der Waals surface area (Å²) in [5.41, 5.74) is -1.36. The first kappa shape index (κ1) is 12.6. The Morgan fingerprint density at radius 3 is 2.89 bits per heavy atom. The largest absolute Gasteiger partial charge is 0.349 e. The number of nitrogens with one attached hydrogen (secondary N) is 4. The summed E-state index contributed by atoms with van der Waals surface area (Å²) < 4.78 is 0. The molecule has 0 aromatic carbocycles. The number of carbonyl (C=O) groups excluding carboxylic acids is 1. The zero-order chi connectivity index (χ0) is 13.1. The maximum absolute atomic E-state index is 11.9. The molecular weight excluding hydrogens is 236 g/mol. The molecule has 1 aliphatic rings. The molecule has 1 saturated heterocycles. The van der Waals surface area contributed by atoms with Gasteiger partial charge in [0, 0.05) is 18.3 Å². The van der Waals surface area contributed by atoms with Crippen molar-refractivity contribution >= 4 is 5.91 Å². The number of hydrogen-bond acceptors (Lipinski definition) is 4. The predicted molar refractivity (Wildman–Crippen MR) is 65.6 cm³/mol. The lowest BCUT2D eigenvalue weighted by molar-refractivity contribution is 0.0923. The third-order valence-corrected chi connectivity index (χ3v) is 3.02. The molecule has 1 aromatic heterocycles. The van der Waals surface area contributed by atoms with Gasteiger partial charge in [-0.2, -0.15) is 0 Å². The minimum absolute atomic E-state index is 0.0556. The lowest BCUT2D eigenvalue weighted by Gasteiger charge is -2.28. The summed E-state index contributed by atoms with van der Waals surface area (Å²) in [7, 11) is 0. The minimum atomic E-state index is -0.668. The van der Waals surface area contributed by atoms with Crippen LogP contribution < -0.4 is 21.9 Å². The number of amides is 1. The summed E-state index contributed by atoms with van der Waals surface area (Å²) in [6, 6.07) is 0.401. The normalized spacial score (nSPS) is 23.6. The SMILES string of the molecule is CC1CC(NC(=O)c2c[nH]c(=O)[nH]c2=O)CCN1. The van der Waals surface area contributed by atoms with Gasteiger partial charge in [0.05, 0.1) is 0 Å². The van der Waals surface area contributed by atoms with Gasteiger partial charge in [-0.1, -0.05) is 0 Å². The summed E-state index contributed by atoms with van der Waals surface area (Å²) in [4.78, 5) is 38.5. The van der Waals surface area contributed by atoms with Crippen molar-refractivity contribution in [2.45, 2.75) is 31.8 Å². The molecule has 1 aliphatic heterocycles. The minimum Gasteiger partial charge on any atom is -0.349 e. The smallest absolute Gasteiger partial charge is 0.325 e. The van der Waals surface area contributed by atoms with E-state index in [-0.39, 0.29) is 11.6 Å². The Bertz CT molecular complexity index is 548. The number of piperidine rings is 1. The second kappa shape index (κ2) is 5.18. The van der Waals surface area contributed by atoms with Crippen LogP contribution in [0.4, 0.5) is 0 Å². The molecule has 2 atom stereocenters. The topological polar surface area (TPSA) is 107 Å². The number of hydrogen-bond donors (Lipinski definition) is 4. The van der Waals surface area contributed by atoms with Gasteiger partial charge in [0.1, 0.15) is 5.56 Å². The summed E-state index contributed by atoms with van der Waals surface area (Å²) in [6.45, 7) is 2.89. The second-order valence-corrected chi connectivity index (χ2v) is 4.54. The highest BCUT2D eigenvalue weighted by molar-refractivity contribution is 5.93. The maximum atomic E-state index is 11.9. The fraction of sp³-hybridized carbons (Fsp3) is 0.545. The molecule has 2 heterocycles. The van der Waals surface area contributed by atoms with Crippen molar-refractivity contribution in [1.82, 2.24) is 20.6 Å². The predicted octanol–water partition coefficient (Wildman–Crippen LogP) is -1.07. The van der Waals surface area contributed by atoms with Crippen LogP contribution >= 0.6 is 0 Å². The van der Waals surface area contributed by atoms with Crippen molar-refractivity contribution in [1.29, 1.82) is 0 Å². The van der Waals surface area contributed by atoms with Crippen LogP contribution in [0.3, 0.4) is 0 Å². The molecule has 2 rings (SSSR count). The van der Waals surface area contributed by atoms with E-state index in [1.807, 2.05) is 11.9 Å². The van der Waals surface area contributed by atoms with Crippen molar-refractivity contribution in [3.05, 3.63) is 32.6 Å². The third-order valence-electron chi connectivity index (χ3n) is 3.02. The molecule has 18 heavy (non-hydrogen) atoms. The summed E-state index contributed by atoms with van der Waals surface area (Å²) >= 11 is 0. The quantitative estimate of drug-likeness (QED) is 0.538. The van der Waals surface area contributed by atoms with E-state index in [4.69, 9.17) is 0 Å². The number of H-pyrrole nitrogens is 2. The molecule has 0 radical (unpaired) electrons. The molecule has 0 aliphatic carbocycles. The Labute approximate surface area is 103 Å². The van der Waals surface area contributed by atoms with Crippen LogP contribution in [-0.2, 0) is 0 Å². The van der Waals surface area contributed by atoms with E-state index in [0.717, 1.165) is 25.6 Å². The van der Waals surface area contributed by atoms with Gasteiger partial charge < -0.3 is 15.6 Å². The van der Waals surface area contributed by atoms with Gasteiger partial charge >= 0.3 is 5.69 Å². The van der Waals surface area contributed by atoms with Gasteiger partial charge in [0.15, 0.2) is 0 Å². The molecule has 0 bridgehead atoms. The van der Waals surface area contributed by atoms with Gasteiger partial charge in [0.25, 0.3) is 11.5 Å². The first-order chi connectivity index (χ1) is 8.56. The van der Waals surface area contributed by atoms with E-state index >= 15 is 0 Å². The highest BCUT2D eigenvalue weighted by atomic mass is 16.2. The molecule has 7 heteroatoms. The fourth-order valence-electron chi connectivity index (χ4n) is 2.10. The number of carbonyl (C=O) groups is 1. The number of aromatic nitrogens is 2. The second-order valence-electron chi connectivity index (χ2n) is 4.54. The molecule has 4 N–H and O–H groups in total. The van der Waals surface area contributed by atoms with Crippen molar-refractivity contribution < 1.29 is 4.79 Å². The molecule has 1 aromatic rings. The summed E-state index contributed by atoms with van der Waals surface area (Å²) in [5.74, 6) is -0.452. The molecular formula is C11H16N4O3. The van der Waals surface area contributed by atoms with Crippen molar-refractivity contribution in [2.24, 2.45) is 0 Å². The van der Waals surface area contributed by atoms with Crippen molar-refractivity contribution in [2.75, 3.05) is 6.54 Å². The van der Waals surface area contributed by atoms with Crippen LogP contribution in [0, 0.1) is 0 Å². The molecule has 2 unspecified atom stereocenters. The number of aromatic amines is 2. The van der Waals surface area contributed by atoms with E-state index in [1.165, 1.54) is 0 Å². The lowest BCUT2D eigenvalue weighted by atomic mass is 10.0. The zero-order valence-corrected chi connectivity index (χ0v) is 10.1. The molecule has 1 amide bonds. The number of rotatable bonds is 2. The Hall–Kier alpha value is -1.89. The van der Waals surface area contributed by atoms with Crippen LogP contribution in [-0.4, -0.2) is 34.5 Å². The van der Waals surface area contributed by atoms with Crippen LogP contribution in [0.25, 0.3) is 0 Å². The average Bonchev–Trinajstić information content (AvgIpc) is 2.28. The zero-order valence-electron chi connectivity index (χ0n) is 10.1. The molecule has 7 nitrogen and oxygen atoms in total. The molecule has 98 valence electrons. The first-order valence-electron chi connectivity index (χ1n) is 5.92. The molecule has 0 spiro atoms. The molecule has 1 fully saturated rings. The summed E-state index contributed by atoms with van der Waals surface area (Å²) in [6.07, 6.45) is 2.80. The van der Waals surface area contributed by atoms with E-state index in [9.17, 15) is 14.4 Å². The van der Waals surface area contributed by atoms with Gasteiger partial charge in [-0.05, 0) is 26.3 Å². The Kier molecular flexibility index (Phi) is 3.61. The van der Waals surface area contributed by atoms with Gasteiger partial charge in [-0.15, -0.1) is 0 Å². The van der Waals surface area contributed by atoms with Gasteiger partial charge in [-0.25, -0.2) is 4.79 Å². The third kappa shape index (κ3) is 2.86. The van der Waals surface area contributed by atoms with Crippen LogP contribution in [0.15, 0.2) is 15.8 Å². The monoisotopic (exact) mass is 252 g/mol. The maximum Gasteiger partial charge on any atom is 0.325 e. The van der Waals surface area contributed by atoms with E-state index in [1.54, 1.807) is 0 Å².